The molecule has 0 bridgehead atoms. The minimum Gasteiger partial charge on any atom is -0.381 e. The number of amides is 1. The molecule has 23 heavy (non-hydrogen) atoms. The number of rotatable bonds is 6. The molecule has 0 unspecified atom stereocenters. The summed E-state index contributed by atoms with van der Waals surface area (Å²) >= 11 is 0. The van der Waals surface area contributed by atoms with Gasteiger partial charge in [0.1, 0.15) is 0 Å². The number of ether oxygens (including phenoxy) is 1. The van der Waals surface area contributed by atoms with E-state index in [4.69, 9.17) is 9.26 Å². The molecule has 7 nitrogen and oxygen atoms in total. The number of aromatic nitrogens is 3. The Labute approximate surface area is 134 Å². The summed E-state index contributed by atoms with van der Waals surface area (Å²) in [4.78, 5) is 20.2. The molecule has 1 saturated heterocycles. The number of hydrogen-bond acceptors (Lipinski definition) is 6. The SMILES string of the molecule is O=C(C[C@H]1CCCOC1)NCCc1nc(-c2cccnc2)no1. The van der Waals surface area contributed by atoms with Gasteiger partial charge in [-0.15, -0.1) is 0 Å². The van der Waals surface area contributed by atoms with Gasteiger partial charge in [-0.05, 0) is 30.9 Å². The van der Waals surface area contributed by atoms with E-state index in [0.29, 0.717) is 43.6 Å². The van der Waals surface area contributed by atoms with Gasteiger partial charge in [0.05, 0.1) is 0 Å². The summed E-state index contributed by atoms with van der Waals surface area (Å²) in [6, 6.07) is 3.69. The Balaban J connectivity index is 1.42. The third-order valence-electron chi connectivity index (χ3n) is 3.78. The van der Waals surface area contributed by atoms with Crippen LogP contribution in [0.2, 0.25) is 0 Å². The van der Waals surface area contributed by atoms with E-state index in [1.807, 2.05) is 12.1 Å². The Hall–Kier alpha value is -2.28. The Kier molecular flexibility index (Phi) is 5.31. The van der Waals surface area contributed by atoms with Crippen LogP contribution >= 0.6 is 0 Å². The molecular weight excluding hydrogens is 296 g/mol. The fraction of sp³-hybridized carbons (Fsp3) is 0.500. The standard InChI is InChI=1S/C16H20N4O3/c21-14(9-12-3-2-8-22-11-12)18-7-5-15-19-16(20-23-15)13-4-1-6-17-10-13/h1,4,6,10,12H,2-3,5,7-9,11H2,(H,18,21)/t12-/m1/s1. The van der Waals surface area contributed by atoms with Gasteiger partial charge in [0.2, 0.25) is 17.6 Å². The van der Waals surface area contributed by atoms with Crippen molar-refractivity contribution in [2.45, 2.75) is 25.7 Å². The van der Waals surface area contributed by atoms with Crippen LogP contribution in [0.4, 0.5) is 0 Å². The third kappa shape index (κ3) is 4.59. The van der Waals surface area contributed by atoms with Crippen molar-refractivity contribution in [1.82, 2.24) is 20.4 Å². The fourth-order valence-corrected chi connectivity index (χ4v) is 2.58. The van der Waals surface area contributed by atoms with Crippen molar-refractivity contribution in [3.05, 3.63) is 30.4 Å². The molecule has 0 saturated carbocycles. The zero-order valence-corrected chi connectivity index (χ0v) is 12.9. The highest BCUT2D eigenvalue weighted by molar-refractivity contribution is 5.76. The highest BCUT2D eigenvalue weighted by Gasteiger charge is 2.17. The maximum atomic E-state index is 11.9. The van der Waals surface area contributed by atoms with Crippen molar-refractivity contribution < 1.29 is 14.1 Å². The Morgan fingerprint density at radius 3 is 3.17 bits per heavy atom. The minimum atomic E-state index is 0.0486. The van der Waals surface area contributed by atoms with Crippen LogP contribution in [0.5, 0.6) is 0 Å². The molecule has 0 aliphatic carbocycles. The highest BCUT2D eigenvalue weighted by Crippen LogP contribution is 2.17. The van der Waals surface area contributed by atoms with E-state index in [1.165, 1.54) is 0 Å². The number of nitrogens with zero attached hydrogens (tertiary/aromatic N) is 3. The summed E-state index contributed by atoms with van der Waals surface area (Å²) in [5.41, 5.74) is 0.809. The lowest BCUT2D eigenvalue weighted by atomic mass is 9.98. The van der Waals surface area contributed by atoms with Crippen molar-refractivity contribution >= 4 is 5.91 Å². The van der Waals surface area contributed by atoms with Gasteiger partial charge < -0.3 is 14.6 Å². The monoisotopic (exact) mass is 316 g/mol. The molecule has 2 aromatic rings. The first-order valence-electron chi connectivity index (χ1n) is 7.88. The number of pyridine rings is 1. The van der Waals surface area contributed by atoms with E-state index in [2.05, 4.69) is 20.4 Å². The number of nitrogens with one attached hydrogen (secondary N) is 1. The van der Waals surface area contributed by atoms with E-state index in [0.717, 1.165) is 25.0 Å². The third-order valence-corrected chi connectivity index (χ3v) is 3.78. The van der Waals surface area contributed by atoms with Crippen LogP contribution in [0.1, 0.15) is 25.2 Å². The summed E-state index contributed by atoms with van der Waals surface area (Å²) in [7, 11) is 0. The van der Waals surface area contributed by atoms with E-state index in [-0.39, 0.29) is 5.91 Å². The van der Waals surface area contributed by atoms with E-state index in [9.17, 15) is 4.79 Å². The van der Waals surface area contributed by atoms with Gasteiger partial charge in [-0.3, -0.25) is 9.78 Å². The number of hydrogen-bond donors (Lipinski definition) is 1. The second kappa shape index (κ2) is 7.82. The molecule has 0 aromatic carbocycles. The summed E-state index contributed by atoms with van der Waals surface area (Å²) in [6.45, 7) is 1.99. The van der Waals surface area contributed by atoms with Crippen LogP contribution in [0.25, 0.3) is 11.4 Å². The Bertz CT molecular complexity index is 623. The lowest BCUT2D eigenvalue weighted by molar-refractivity contribution is -0.123. The minimum absolute atomic E-state index is 0.0486. The smallest absolute Gasteiger partial charge is 0.228 e. The highest BCUT2D eigenvalue weighted by atomic mass is 16.5. The molecule has 1 atom stereocenters. The first-order valence-corrected chi connectivity index (χ1v) is 7.88. The van der Waals surface area contributed by atoms with Crippen LogP contribution in [0, 0.1) is 5.92 Å². The lowest BCUT2D eigenvalue weighted by Crippen LogP contribution is -2.30. The Morgan fingerprint density at radius 1 is 1.43 bits per heavy atom. The van der Waals surface area contributed by atoms with Crippen molar-refractivity contribution in [3.8, 4) is 11.4 Å². The fourth-order valence-electron chi connectivity index (χ4n) is 2.58. The molecule has 1 N–H and O–H groups in total. The lowest BCUT2D eigenvalue weighted by Gasteiger charge is -2.21. The van der Waals surface area contributed by atoms with Crippen LogP contribution in [0.3, 0.4) is 0 Å². The van der Waals surface area contributed by atoms with Gasteiger partial charge in [-0.2, -0.15) is 4.98 Å². The maximum absolute atomic E-state index is 11.9. The molecular formula is C16H20N4O3. The summed E-state index contributed by atoms with van der Waals surface area (Å²) < 4.78 is 10.6. The van der Waals surface area contributed by atoms with Gasteiger partial charge in [0, 0.05) is 50.6 Å². The number of carbonyl (C=O) groups excluding carboxylic acids is 1. The van der Waals surface area contributed by atoms with Gasteiger partial charge in [0.25, 0.3) is 0 Å². The largest absolute Gasteiger partial charge is 0.381 e. The topological polar surface area (TPSA) is 90.1 Å². The molecule has 1 fully saturated rings. The first kappa shape index (κ1) is 15.6. The zero-order valence-electron chi connectivity index (χ0n) is 12.9. The van der Waals surface area contributed by atoms with Crippen molar-refractivity contribution in [2.75, 3.05) is 19.8 Å². The molecule has 1 aliphatic rings. The zero-order chi connectivity index (χ0) is 15.9. The van der Waals surface area contributed by atoms with Crippen LogP contribution < -0.4 is 5.32 Å². The van der Waals surface area contributed by atoms with Crippen LogP contribution in [0.15, 0.2) is 29.0 Å². The quantitative estimate of drug-likeness (QED) is 0.870. The molecule has 0 radical (unpaired) electrons. The van der Waals surface area contributed by atoms with Crippen LogP contribution in [-0.2, 0) is 16.0 Å². The van der Waals surface area contributed by atoms with Gasteiger partial charge in [-0.25, -0.2) is 0 Å². The summed E-state index contributed by atoms with van der Waals surface area (Å²) in [5, 5.41) is 6.82. The summed E-state index contributed by atoms with van der Waals surface area (Å²) in [6.07, 6.45) is 6.51. The van der Waals surface area contributed by atoms with E-state index in [1.54, 1.807) is 12.4 Å². The predicted octanol–water partition coefficient (Wildman–Crippen LogP) is 1.61. The average Bonchev–Trinajstić information content (AvgIpc) is 3.05. The van der Waals surface area contributed by atoms with E-state index < -0.39 is 0 Å². The van der Waals surface area contributed by atoms with Crippen molar-refractivity contribution in [1.29, 1.82) is 0 Å². The molecule has 1 amide bonds. The van der Waals surface area contributed by atoms with Crippen molar-refractivity contribution in [3.63, 3.8) is 0 Å². The maximum Gasteiger partial charge on any atom is 0.228 e. The molecule has 2 aromatic heterocycles. The predicted molar refractivity (Wildman–Crippen MR) is 82.4 cm³/mol. The normalized spacial score (nSPS) is 17.8. The van der Waals surface area contributed by atoms with E-state index >= 15 is 0 Å². The van der Waals surface area contributed by atoms with Crippen LogP contribution in [-0.4, -0.2) is 40.8 Å². The first-order chi connectivity index (χ1) is 11.3. The molecule has 122 valence electrons. The van der Waals surface area contributed by atoms with Gasteiger partial charge in [0.15, 0.2) is 0 Å². The van der Waals surface area contributed by atoms with Crippen molar-refractivity contribution in [2.24, 2.45) is 5.92 Å². The Morgan fingerprint density at radius 2 is 2.39 bits per heavy atom. The molecule has 0 spiro atoms. The second-order valence-electron chi connectivity index (χ2n) is 5.64. The molecule has 3 heterocycles. The molecule has 1 aliphatic heterocycles. The second-order valence-corrected chi connectivity index (χ2v) is 5.64. The molecule has 7 heteroatoms. The molecule has 3 rings (SSSR count). The van der Waals surface area contributed by atoms with Gasteiger partial charge >= 0.3 is 0 Å². The number of carbonyl (C=O) groups is 1. The summed E-state index contributed by atoms with van der Waals surface area (Å²) in [5.74, 6) is 1.40. The van der Waals surface area contributed by atoms with Gasteiger partial charge in [-0.1, -0.05) is 5.16 Å². The average molecular weight is 316 g/mol.